The number of nitriles is 1. The third-order valence-electron chi connectivity index (χ3n) is 5.76. The normalized spacial score (nSPS) is 12.4. The third-order valence-corrected chi connectivity index (χ3v) is 7.13. The highest BCUT2D eigenvalue weighted by Gasteiger charge is 2.19. The van der Waals surface area contributed by atoms with Crippen molar-refractivity contribution < 1.29 is 4.39 Å². The molecule has 5 rings (SSSR count). The second-order valence-electron chi connectivity index (χ2n) is 8.09. The first kappa shape index (κ1) is 24.6. The van der Waals surface area contributed by atoms with Crippen molar-refractivity contribution in [3.05, 3.63) is 99.1 Å². The number of nitrogens with one attached hydrogen (secondary N) is 2. The lowest BCUT2D eigenvalue weighted by atomic mass is 10.0. The predicted molar refractivity (Wildman–Crippen MR) is 149 cm³/mol. The van der Waals surface area contributed by atoms with Gasteiger partial charge < -0.3 is 22.1 Å². The molecule has 0 aliphatic heterocycles. The second-order valence-corrected chi connectivity index (χ2v) is 9.79. The number of nitrogens with two attached hydrogens (primary N) is 2. The molecule has 0 saturated heterocycles. The molecule has 184 valence electrons. The highest BCUT2D eigenvalue weighted by Crippen LogP contribution is 2.37. The fourth-order valence-corrected chi connectivity index (χ4v) is 5.13. The molecule has 0 spiro atoms. The molecule has 0 saturated carbocycles. The molecule has 0 aliphatic rings. The quantitative estimate of drug-likeness (QED) is 0.183. The fourth-order valence-electron chi connectivity index (χ4n) is 3.95. The van der Waals surface area contributed by atoms with Crippen molar-refractivity contribution in [2.45, 2.75) is 6.04 Å². The van der Waals surface area contributed by atoms with Crippen LogP contribution in [0.3, 0.4) is 0 Å². The van der Waals surface area contributed by atoms with Gasteiger partial charge in [0, 0.05) is 29.2 Å². The van der Waals surface area contributed by atoms with Crippen molar-refractivity contribution in [2.75, 3.05) is 10.6 Å². The second kappa shape index (κ2) is 10.1. The van der Waals surface area contributed by atoms with Crippen molar-refractivity contribution in [2.24, 2.45) is 11.5 Å². The molecule has 0 fully saturated rings. The molecule has 2 heterocycles. The van der Waals surface area contributed by atoms with Crippen molar-refractivity contribution in [1.82, 2.24) is 9.97 Å². The van der Waals surface area contributed by atoms with Gasteiger partial charge in [0.15, 0.2) is 0 Å². The number of pyridine rings is 1. The minimum absolute atomic E-state index is 0.0490. The van der Waals surface area contributed by atoms with E-state index in [2.05, 4.69) is 26.7 Å². The van der Waals surface area contributed by atoms with Crippen molar-refractivity contribution in [3.8, 4) is 6.07 Å². The van der Waals surface area contributed by atoms with Crippen molar-refractivity contribution >= 4 is 72.7 Å². The Hall–Kier alpha value is -4.10. The van der Waals surface area contributed by atoms with Crippen molar-refractivity contribution in [1.29, 1.82) is 5.26 Å². The van der Waals surface area contributed by atoms with Gasteiger partial charge in [-0.3, -0.25) is 4.98 Å². The van der Waals surface area contributed by atoms with Crippen LogP contribution in [0.1, 0.15) is 17.2 Å². The molecule has 2 aromatic heterocycles. The summed E-state index contributed by atoms with van der Waals surface area (Å²) in [7, 11) is 0. The van der Waals surface area contributed by atoms with Crippen LogP contribution in [-0.2, 0) is 0 Å². The van der Waals surface area contributed by atoms with E-state index in [1.165, 1.54) is 41.9 Å². The number of aromatic nitrogens is 2. The van der Waals surface area contributed by atoms with Crippen LogP contribution in [0.4, 0.5) is 21.5 Å². The minimum atomic E-state index is -0.546. The van der Waals surface area contributed by atoms with Crippen LogP contribution in [0.15, 0.2) is 72.1 Å². The highest BCUT2D eigenvalue weighted by atomic mass is 35.5. The Morgan fingerprint density at radius 2 is 1.89 bits per heavy atom. The average Bonchev–Trinajstić information content (AvgIpc) is 3.37. The van der Waals surface area contributed by atoms with E-state index in [1.807, 2.05) is 24.3 Å². The molecule has 0 amide bonds. The number of fused-ring (bicyclic) bond motifs is 2. The Balaban J connectivity index is 1.61. The van der Waals surface area contributed by atoms with Gasteiger partial charge >= 0.3 is 0 Å². The number of benzene rings is 3. The molecule has 1 atom stereocenters. The number of nitrogens with zero attached hydrogens (tertiary/aromatic N) is 3. The fraction of sp³-hybridized carbons (Fsp3) is 0.0385. The lowest BCUT2D eigenvalue weighted by molar-refractivity contribution is 0.628. The molecule has 5 aromatic rings. The summed E-state index contributed by atoms with van der Waals surface area (Å²) in [5.74, 6) is -0.546. The zero-order valence-electron chi connectivity index (χ0n) is 19.0. The van der Waals surface area contributed by atoms with Crippen molar-refractivity contribution in [3.63, 3.8) is 0 Å². The molecule has 11 heteroatoms. The van der Waals surface area contributed by atoms with Gasteiger partial charge in [-0.05, 0) is 48.0 Å². The highest BCUT2D eigenvalue weighted by molar-refractivity contribution is 7.16. The van der Waals surface area contributed by atoms with Crippen LogP contribution in [-0.4, -0.2) is 9.97 Å². The molecular formula is C26H18Cl2FN7S. The number of thiazole rings is 1. The van der Waals surface area contributed by atoms with E-state index >= 15 is 0 Å². The molecule has 3 aromatic carbocycles. The lowest BCUT2D eigenvalue weighted by Crippen LogP contribution is -2.20. The minimum Gasteiger partial charge on any atom is -0.403 e. The summed E-state index contributed by atoms with van der Waals surface area (Å²) in [5.41, 5.74) is 18.4. The molecule has 1 unspecified atom stereocenters. The van der Waals surface area contributed by atoms with Gasteiger partial charge in [-0.2, -0.15) is 5.26 Å². The summed E-state index contributed by atoms with van der Waals surface area (Å²) >= 11 is 14.1. The smallest absolute Gasteiger partial charge is 0.141 e. The standard InChI is InChI=1S/C26H18Cl2FN7S/c27-18-7-15(2-3-20(18)29)35-24-14(9-30)11-33-26-17(24)6-16(8-19(26)28)36-25(21(32)10-31)13-1-4-22-23(5-13)37-12-34-22/h1-8,10-12,25,36H,31-32H2,(H,33,35)/b21-10-. The molecule has 0 aliphatic carbocycles. The van der Waals surface area contributed by atoms with Gasteiger partial charge in [-0.15, -0.1) is 11.3 Å². The first-order chi connectivity index (χ1) is 17.9. The van der Waals surface area contributed by atoms with Gasteiger partial charge in [0.1, 0.15) is 11.9 Å². The summed E-state index contributed by atoms with van der Waals surface area (Å²) in [6.07, 6.45) is 2.77. The van der Waals surface area contributed by atoms with Crippen LogP contribution in [0.5, 0.6) is 0 Å². The molecule has 0 radical (unpaired) electrons. The van der Waals surface area contributed by atoms with Crippen LogP contribution in [0, 0.1) is 17.1 Å². The molecule has 0 bridgehead atoms. The Morgan fingerprint density at radius 3 is 2.65 bits per heavy atom. The maximum atomic E-state index is 13.7. The third kappa shape index (κ3) is 4.82. The predicted octanol–water partition coefficient (Wildman–Crippen LogP) is 6.82. The van der Waals surface area contributed by atoms with E-state index in [9.17, 15) is 9.65 Å². The van der Waals surface area contributed by atoms with E-state index in [1.54, 1.807) is 11.6 Å². The van der Waals surface area contributed by atoms with Crippen LogP contribution >= 0.6 is 34.5 Å². The molecule has 6 N–H and O–H groups in total. The topological polar surface area (TPSA) is 126 Å². The number of halogens is 3. The SMILES string of the molecule is N#Cc1cnc2c(Cl)cc(NC(/C(N)=C/N)c3ccc4ncsc4c3)cc2c1Nc1ccc(F)c(Cl)c1. The number of hydrogen-bond donors (Lipinski definition) is 4. The molecule has 7 nitrogen and oxygen atoms in total. The Kier molecular flexibility index (Phi) is 6.72. The summed E-state index contributed by atoms with van der Waals surface area (Å²) in [6.45, 7) is 0. The summed E-state index contributed by atoms with van der Waals surface area (Å²) in [6, 6.07) is 15.3. The van der Waals surface area contributed by atoms with Crippen LogP contribution in [0.25, 0.3) is 21.1 Å². The van der Waals surface area contributed by atoms with E-state index in [4.69, 9.17) is 34.7 Å². The molecule has 37 heavy (non-hydrogen) atoms. The zero-order chi connectivity index (χ0) is 26.1. The first-order valence-electron chi connectivity index (χ1n) is 10.9. The largest absolute Gasteiger partial charge is 0.403 e. The van der Waals surface area contributed by atoms with Gasteiger partial charge in [0.25, 0.3) is 0 Å². The van der Waals surface area contributed by atoms with Gasteiger partial charge in [-0.25, -0.2) is 9.37 Å². The number of hydrogen-bond acceptors (Lipinski definition) is 8. The van der Waals surface area contributed by atoms with Gasteiger partial charge in [0.05, 0.1) is 54.3 Å². The maximum Gasteiger partial charge on any atom is 0.141 e. The van der Waals surface area contributed by atoms with Gasteiger partial charge in [0.2, 0.25) is 0 Å². The summed E-state index contributed by atoms with van der Waals surface area (Å²) < 4.78 is 14.7. The van der Waals surface area contributed by atoms with E-state index in [-0.39, 0.29) is 10.6 Å². The monoisotopic (exact) mass is 549 g/mol. The zero-order valence-corrected chi connectivity index (χ0v) is 21.3. The maximum absolute atomic E-state index is 13.7. The van der Waals surface area contributed by atoms with Crippen LogP contribution < -0.4 is 22.1 Å². The number of anilines is 3. The Labute approximate surface area is 225 Å². The summed E-state index contributed by atoms with van der Waals surface area (Å²) in [4.78, 5) is 8.70. The van der Waals surface area contributed by atoms with E-state index < -0.39 is 11.9 Å². The van der Waals surface area contributed by atoms with Crippen LogP contribution in [0.2, 0.25) is 10.0 Å². The van der Waals surface area contributed by atoms with E-state index in [0.717, 1.165) is 15.8 Å². The van der Waals surface area contributed by atoms with Gasteiger partial charge in [-0.1, -0.05) is 29.3 Å². The Morgan fingerprint density at radius 1 is 1.08 bits per heavy atom. The first-order valence-corrected chi connectivity index (χ1v) is 12.5. The average molecular weight is 550 g/mol. The molecular weight excluding hydrogens is 532 g/mol. The van der Waals surface area contributed by atoms with E-state index in [0.29, 0.717) is 38.7 Å². The Bertz CT molecular complexity index is 1730. The lowest BCUT2D eigenvalue weighted by Gasteiger charge is -2.22. The summed E-state index contributed by atoms with van der Waals surface area (Å²) in [5, 5.41) is 17.2. The number of rotatable bonds is 6.